The van der Waals surface area contributed by atoms with Crippen LogP contribution in [0, 0.1) is 13.8 Å². The fraction of sp³-hybridized carbons (Fsp3) is 0.381. The van der Waals surface area contributed by atoms with Crippen LogP contribution in [-0.4, -0.2) is 57.6 Å². The van der Waals surface area contributed by atoms with Gasteiger partial charge < -0.3 is 14.4 Å². The molecule has 2 aliphatic rings. The highest BCUT2D eigenvalue weighted by molar-refractivity contribution is 5.44. The zero-order valence-electron chi connectivity index (χ0n) is 16.7. The second-order valence-electron chi connectivity index (χ2n) is 7.50. The summed E-state index contributed by atoms with van der Waals surface area (Å²) in [5.41, 5.74) is 3.25. The van der Waals surface area contributed by atoms with E-state index in [1.807, 2.05) is 38.2 Å². The minimum Gasteiger partial charge on any atom is -0.454 e. The van der Waals surface area contributed by atoms with E-state index in [0.717, 1.165) is 61.4 Å². The summed E-state index contributed by atoms with van der Waals surface area (Å²) < 4.78 is 12.7. The van der Waals surface area contributed by atoms with E-state index in [1.165, 1.54) is 5.56 Å². The average molecular weight is 392 g/mol. The number of hydrogen-bond acceptors (Lipinski definition) is 7. The summed E-state index contributed by atoms with van der Waals surface area (Å²) >= 11 is 0. The molecule has 1 fully saturated rings. The van der Waals surface area contributed by atoms with Crippen molar-refractivity contribution in [3.63, 3.8) is 0 Å². The summed E-state index contributed by atoms with van der Waals surface area (Å²) in [5, 5.41) is 4.50. The number of ether oxygens (including phenoxy) is 2. The molecule has 2 aromatic heterocycles. The van der Waals surface area contributed by atoms with Crippen LogP contribution in [0.2, 0.25) is 0 Å². The van der Waals surface area contributed by atoms with Crippen molar-refractivity contribution in [1.82, 2.24) is 24.6 Å². The summed E-state index contributed by atoms with van der Waals surface area (Å²) in [6.45, 7) is 9.04. The van der Waals surface area contributed by atoms with Crippen LogP contribution in [0.25, 0.3) is 5.95 Å². The van der Waals surface area contributed by atoms with E-state index in [1.54, 1.807) is 4.68 Å². The van der Waals surface area contributed by atoms with E-state index in [4.69, 9.17) is 14.5 Å². The SMILES string of the molecule is Cc1cc(C)n(-c2nccc(N3CCN(Cc4ccc5c(c4)OCO5)CC3)n2)n1. The minimum absolute atomic E-state index is 0.315. The molecule has 1 saturated heterocycles. The summed E-state index contributed by atoms with van der Waals surface area (Å²) in [5.74, 6) is 3.25. The Bertz CT molecular complexity index is 1030. The molecular formula is C21H24N6O2. The van der Waals surface area contributed by atoms with Crippen molar-refractivity contribution in [3.8, 4) is 17.4 Å². The molecule has 1 aromatic carbocycles. The molecule has 0 spiro atoms. The summed E-state index contributed by atoms with van der Waals surface area (Å²) in [6, 6.07) is 10.2. The van der Waals surface area contributed by atoms with Gasteiger partial charge in [0, 0.05) is 44.6 Å². The van der Waals surface area contributed by atoms with Gasteiger partial charge >= 0.3 is 0 Å². The van der Waals surface area contributed by atoms with Gasteiger partial charge in [-0.2, -0.15) is 10.1 Å². The Morgan fingerprint density at radius 2 is 1.79 bits per heavy atom. The molecule has 0 amide bonds. The van der Waals surface area contributed by atoms with E-state index in [9.17, 15) is 0 Å². The molecule has 150 valence electrons. The van der Waals surface area contributed by atoms with Crippen molar-refractivity contribution < 1.29 is 9.47 Å². The number of rotatable bonds is 4. The molecule has 5 rings (SSSR count). The first kappa shape index (κ1) is 17.9. The molecule has 29 heavy (non-hydrogen) atoms. The highest BCUT2D eigenvalue weighted by Gasteiger charge is 2.20. The van der Waals surface area contributed by atoms with Gasteiger partial charge in [0.25, 0.3) is 5.95 Å². The third kappa shape index (κ3) is 3.63. The van der Waals surface area contributed by atoms with Gasteiger partial charge in [-0.25, -0.2) is 9.67 Å². The van der Waals surface area contributed by atoms with Crippen LogP contribution in [0.3, 0.4) is 0 Å². The predicted octanol–water partition coefficient (Wildman–Crippen LogP) is 2.33. The van der Waals surface area contributed by atoms with Gasteiger partial charge in [-0.15, -0.1) is 0 Å². The van der Waals surface area contributed by atoms with Crippen molar-refractivity contribution in [1.29, 1.82) is 0 Å². The average Bonchev–Trinajstić information content (AvgIpc) is 3.34. The molecule has 8 nitrogen and oxygen atoms in total. The van der Waals surface area contributed by atoms with Gasteiger partial charge in [0.1, 0.15) is 5.82 Å². The standard InChI is InChI=1S/C21H24N6O2/c1-15-11-16(2)27(24-15)21-22-6-5-20(23-21)26-9-7-25(8-10-26)13-17-3-4-18-19(12-17)29-14-28-18/h3-6,11-12H,7-10,13-14H2,1-2H3. The highest BCUT2D eigenvalue weighted by atomic mass is 16.7. The van der Waals surface area contributed by atoms with Crippen molar-refractivity contribution in [2.45, 2.75) is 20.4 Å². The largest absolute Gasteiger partial charge is 0.454 e. The molecule has 8 heteroatoms. The topological polar surface area (TPSA) is 68.5 Å². The monoisotopic (exact) mass is 392 g/mol. The first-order valence-corrected chi connectivity index (χ1v) is 9.88. The zero-order valence-corrected chi connectivity index (χ0v) is 16.7. The Hall–Kier alpha value is -3.13. The lowest BCUT2D eigenvalue weighted by atomic mass is 10.1. The number of piperazine rings is 1. The van der Waals surface area contributed by atoms with E-state index in [-0.39, 0.29) is 0 Å². The minimum atomic E-state index is 0.315. The van der Waals surface area contributed by atoms with E-state index in [2.05, 4.69) is 32.0 Å². The first-order valence-electron chi connectivity index (χ1n) is 9.88. The number of fused-ring (bicyclic) bond motifs is 1. The maximum Gasteiger partial charge on any atom is 0.252 e. The van der Waals surface area contributed by atoms with Crippen LogP contribution >= 0.6 is 0 Å². The maximum atomic E-state index is 5.49. The number of nitrogens with zero attached hydrogens (tertiary/aromatic N) is 6. The third-order valence-electron chi connectivity index (χ3n) is 5.37. The Balaban J connectivity index is 1.24. The van der Waals surface area contributed by atoms with Crippen LogP contribution in [0.1, 0.15) is 17.0 Å². The predicted molar refractivity (Wildman–Crippen MR) is 109 cm³/mol. The molecular weight excluding hydrogens is 368 g/mol. The Morgan fingerprint density at radius 1 is 0.966 bits per heavy atom. The summed E-state index contributed by atoms with van der Waals surface area (Å²) in [4.78, 5) is 13.9. The molecule has 0 aliphatic carbocycles. The zero-order chi connectivity index (χ0) is 19.8. The maximum absolute atomic E-state index is 5.49. The van der Waals surface area contributed by atoms with Crippen LogP contribution in [0.15, 0.2) is 36.5 Å². The van der Waals surface area contributed by atoms with Gasteiger partial charge in [0.15, 0.2) is 11.5 Å². The van der Waals surface area contributed by atoms with Crippen molar-refractivity contribution in [3.05, 3.63) is 53.5 Å². The number of hydrogen-bond donors (Lipinski definition) is 0. The molecule has 0 atom stereocenters. The molecule has 4 heterocycles. The quantitative estimate of drug-likeness (QED) is 0.675. The Labute approximate surface area is 169 Å². The second-order valence-corrected chi connectivity index (χ2v) is 7.50. The smallest absolute Gasteiger partial charge is 0.252 e. The van der Waals surface area contributed by atoms with Gasteiger partial charge in [0.2, 0.25) is 6.79 Å². The summed E-state index contributed by atoms with van der Waals surface area (Å²) in [6.07, 6.45) is 1.81. The second kappa shape index (κ2) is 7.36. The van der Waals surface area contributed by atoms with Crippen molar-refractivity contribution in [2.24, 2.45) is 0 Å². The Morgan fingerprint density at radius 3 is 2.59 bits per heavy atom. The van der Waals surface area contributed by atoms with Gasteiger partial charge in [-0.3, -0.25) is 4.90 Å². The highest BCUT2D eigenvalue weighted by Crippen LogP contribution is 2.32. The summed E-state index contributed by atoms with van der Waals surface area (Å²) in [7, 11) is 0. The Kier molecular flexibility index (Phi) is 4.55. The molecule has 0 saturated carbocycles. The fourth-order valence-corrected chi connectivity index (χ4v) is 3.88. The number of aromatic nitrogens is 4. The molecule has 0 bridgehead atoms. The molecule has 0 N–H and O–H groups in total. The number of benzene rings is 1. The first-order chi connectivity index (χ1) is 14.2. The van der Waals surface area contributed by atoms with Gasteiger partial charge in [0.05, 0.1) is 5.69 Å². The molecule has 0 radical (unpaired) electrons. The molecule has 0 unspecified atom stereocenters. The van der Waals surface area contributed by atoms with Crippen molar-refractivity contribution >= 4 is 5.82 Å². The van der Waals surface area contributed by atoms with Gasteiger partial charge in [-0.1, -0.05) is 6.07 Å². The van der Waals surface area contributed by atoms with Gasteiger partial charge in [-0.05, 0) is 43.7 Å². The lowest BCUT2D eigenvalue weighted by Gasteiger charge is -2.35. The lowest BCUT2D eigenvalue weighted by molar-refractivity contribution is 0.174. The fourth-order valence-electron chi connectivity index (χ4n) is 3.88. The lowest BCUT2D eigenvalue weighted by Crippen LogP contribution is -2.46. The van der Waals surface area contributed by atoms with E-state index < -0.39 is 0 Å². The van der Waals surface area contributed by atoms with E-state index >= 15 is 0 Å². The molecule has 2 aliphatic heterocycles. The van der Waals surface area contributed by atoms with Crippen LogP contribution < -0.4 is 14.4 Å². The van der Waals surface area contributed by atoms with Crippen LogP contribution in [-0.2, 0) is 6.54 Å². The van der Waals surface area contributed by atoms with E-state index in [0.29, 0.717) is 12.7 Å². The third-order valence-corrected chi connectivity index (χ3v) is 5.37. The van der Waals surface area contributed by atoms with Crippen LogP contribution in [0.5, 0.6) is 11.5 Å². The normalized spacial score (nSPS) is 16.4. The van der Waals surface area contributed by atoms with Crippen LogP contribution in [0.4, 0.5) is 5.82 Å². The van der Waals surface area contributed by atoms with Crippen molar-refractivity contribution in [2.75, 3.05) is 37.9 Å². The number of anilines is 1. The number of aryl methyl sites for hydroxylation is 2. The molecule has 3 aromatic rings.